The van der Waals surface area contributed by atoms with E-state index < -0.39 is 8.80 Å². The predicted octanol–water partition coefficient (Wildman–Crippen LogP) is 1.31. The van der Waals surface area contributed by atoms with Crippen molar-refractivity contribution in [3.8, 4) is 0 Å². The van der Waals surface area contributed by atoms with Crippen molar-refractivity contribution in [2.75, 3.05) is 72.2 Å². The smallest absolute Gasteiger partial charge is 0.370 e. The van der Waals surface area contributed by atoms with Crippen LogP contribution < -0.4 is 21.1 Å². The third kappa shape index (κ3) is 9.67. The van der Waals surface area contributed by atoms with Gasteiger partial charge in [0.1, 0.15) is 0 Å². The third-order valence-electron chi connectivity index (χ3n) is 5.34. The fourth-order valence-electron chi connectivity index (χ4n) is 3.84. The van der Waals surface area contributed by atoms with Crippen LogP contribution in [0.15, 0.2) is 24.3 Å². The van der Waals surface area contributed by atoms with Crippen LogP contribution in [0.2, 0.25) is 0 Å². The molecule has 0 bridgehead atoms. The van der Waals surface area contributed by atoms with E-state index in [1.807, 2.05) is 20.8 Å². The number of rotatable bonds is 9. The normalized spacial score (nSPS) is 18.5. The monoisotopic (exact) mass is 452 g/mol. The largest absolute Gasteiger partial charge is 0.537 e. The van der Waals surface area contributed by atoms with Crippen LogP contribution in [-0.2, 0) is 19.8 Å². The maximum atomic E-state index is 6.05. The molecule has 1 saturated heterocycles. The highest BCUT2D eigenvalue weighted by Crippen LogP contribution is 2.13. The van der Waals surface area contributed by atoms with Gasteiger partial charge >= 0.3 is 8.80 Å². The molecule has 3 N–H and O–H groups in total. The van der Waals surface area contributed by atoms with Gasteiger partial charge in [-0.3, -0.25) is 4.90 Å². The highest BCUT2D eigenvalue weighted by Gasteiger charge is 2.43. The maximum absolute atomic E-state index is 6.05. The first kappa shape index (κ1) is 26.4. The molecule has 0 amide bonds. The second kappa shape index (κ2) is 15.9. The van der Waals surface area contributed by atoms with Crippen molar-refractivity contribution < 1.29 is 13.3 Å². The summed E-state index contributed by atoms with van der Waals surface area (Å²) in [6.07, 6.45) is 2.33. The standard InChI is InChI=1S/C23H44N4O3Si/c1-4-28-31(29-5-2,30-6-3)23-11-9-22(10-12-23)21-27-19-8-15-25-17-16-24-13-7-14-26-18-20-27/h9-12,24-26H,4-8,13-21H2,1-3H3. The predicted molar refractivity (Wildman–Crippen MR) is 130 cm³/mol. The fraction of sp³-hybridized carbons (Fsp3) is 0.739. The lowest BCUT2D eigenvalue weighted by atomic mass is 10.2. The Kier molecular flexibility index (Phi) is 13.5. The number of benzene rings is 1. The van der Waals surface area contributed by atoms with Crippen molar-refractivity contribution in [3.05, 3.63) is 29.8 Å². The summed E-state index contributed by atoms with van der Waals surface area (Å²) in [6.45, 7) is 17.2. The molecule has 0 saturated carbocycles. The lowest BCUT2D eigenvalue weighted by molar-refractivity contribution is 0.0859. The average Bonchev–Trinajstić information content (AvgIpc) is 2.77. The van der Waals surface area contributed by atoms with E-state index in [0.29, 0.717) is 19.8 Å². The molecule has 1 aromatic carbocycles. The summed E-state index contributed by atoms with van der Waals surface area (Å²) in [5.74, 6) is 0. The van der Waals surface area contributed by atoms with Crippen molar-refractivity contribution in [3.63, 3.8) is 0 Å². The van der Waals surface area contributed by atoms with E-state index in [2.05, 4.69) is 45.1 Å². The molecule has 0 aliphatic carbocycles. The summed E-state index contributed by atoms with van der Waals surface area (Å²) in [7, 11) is -2.83. The van der Waals surface area contributed by atoms with Crippen LogP contribution in [0.1, 0.15) is 39.2 Å². The zero-order valence-electron chi connectivity index (χ0n) is 19.9. The minimum Gasteiger partial charge on any atom is -0.370 e. The van der Waals surface area contributed by atoms with Gasteiger partial charge in [-0.1, -0.05) is 24.3 Å². The zero-order chi connectivity index (χ0) is 22.2. The highest BCUT2D eigenvalue weighted by atomic mass is 28.4. The maximum Gasteiger partial charge on any atom is 0.537 e. The van der Waals surface area contributed by atoms with E-state index >= 15 is 0 Å². The summed E-state index contributed by atoms with van der Waals surface area (Å²) < 4.78 is 18.1. The summed E-state index contributed by atoms with van der Waals surface area (Å²) in [5.41, 5.74) is 1.31. The van der Waals surface area contributed by atoms with Gasteiger partial charge in [0.2, 0.25) is 0 Å². The van der Waals surface area contributed by atoms with Crippen LogP contribution in [0.3, 0.4) is 0 Å². The Morgan fingerprint density at radius 1 is 0.710 bits per heavy atom. The molecule has 0 radical (unpaired) electrons. The first-order valence-corrected chi connectivity index (χ1v) is 13.8. The third-order valence-corrected chi connectivity index (χ3v) is 8.38. The van der Waals surface area contributed by atoms with E-state index in [1.165, 1.54) is 12.0 Å². The van der Waals surface area contributed by atoms with E-state index in [9.17, 15) is 0 Å². The minimum atomic E-state index is -2.83. The van der Waals surface area contributed by atoms with Crippen LogP contribution >= 0.6 is 0 Å². The molecule has 1 heterocycles. The second-order valence-corrected chi connectivity index (χ2v) is 10.3. The number of hydrogen-bond donors (Lipinski definition) is 3. The molecule has 7 nitrogen and oxygen atoms in total. The van der Waals surface area contributed by atoms with Crippen molar-refractivity contribution in [1.82, 2.24) is 20.9 Å². The van der Waals surface area contributed by atoms with Crippen LogP contribution in [0.25, 0.3) is 0 Å². The molecule has 31 heavy (non-hydrogen) atoms. The summed E-state index contributed by atoms with van der Waals surface area (Å²) >= 11 is 0. The number of hydrogen-bond acceptors (Lipinski definition) is 7. The topological polar surface area (TPSA) is 67.0 Å². The van der Waals surface area contributed by atoms with Crippen molar-refractivity contribution >= 4 is 14.0 Å². The van der Waals surface area contributed by atoms with Crippen molar-refractivity contribution in [2.24, 2.45) is 0 Å². The molecular weight excluding hydrogens is 408 g/mol. The summed E-state index contributed by atoms with van der Waals surface area (Å²) in [4.78, 5) is 2.55. The van der Waals surface area contributed by atoms with Gasteiger partial charge in [-0.2, -0.15) is 0 Å². The van der Waals surface area contributed by atoms with E-state index in [1.54, 1.807) is 0 Å². The summed E-state index contributed by atoms with van der Waals surface area (Å²) in [6, 6.07) is 8.69. The van der Waals surface area contributed by atoms with Gasteiger partial charge in [-0.25, -0.2) is 0 Å². The Morgan fingerprint density at radius 3 is 1.84 bits per heavy atom. The Balaban J connectivity index is 2.00. The minimum absolute atomic E-state index is 0.582. The Hall–Kier alpha value is -0.843. The molecule has 1 aliphatic heterocycles. The van der Waals surface area contributed by atoms with Gasteiger partial charge in [0.15, 0.2) is 0 Å². The van der Waals surface area contributed by atoms with Crippen LogP contribution in [-0.4, -0.2) is 85.9 Å². The molecule has 1 aliphatic rings. The van der Waals surface area contributed by atoms with Crippen molar-refractivity contribution in [2.45, 2.75) is 40.2 Å². The summed E-state index contributed by atoms with van der Waals surface area (Å²) in [5, 5.41) is 11.7. The number of nitrogens with zero attached hydrogens (tertiary/aromatic N) is 1. The molecule has 178 valence electrons. The molecule has 1 aromatic rings. The van der Waals surface area contributed by atoms with Gasteiger partial charge in [0.05, 0.1) is 0 Å². The molecule has 0 atom stereocenters. The average molecular weight is 453 g/mol. The fourth-order valence-corrected chi connectivity index (χ4v) is 6.31. The first-order chi connectivity index (χ1) is 15.2. The molecule has 1 fully saturated rings. The molecule has 0 aromatic heterocycles. The van der Waals surface area contributed by atoms with Crippen LogP contribution in [0, 0.1) is 0 Å². The van der Waals surface area contributed by atoms with Gasteiger partial charge in [0, 0.05) is 57.7 Å². The SMILES string of the molecule is CCO[Si](OCC)(OCC)c1ccc(CN2CCCNCCNCCCNCC2)cc1. The van der Waals surface area contributed by atoms with Gasteiger partial charge in [0.25, 0.3) is 0 Å². The second-order valence-electron chi connectivity index (χ2n) is 7.79. The Bertz CT molecular complexity index is 545. The lowest BCUT2D eigenvalue weighted by Crippen LogP contribution is -2.56. The lowest BCUT2D eigenvalue weighted by Gasteiger charge is -2.29. The van der Waals surface area contributed by atoms with E-state index in [4.69, 9.17) is 13.3 Å². The van der Waals surface area contributed by atoms with E-state index in [-0.39, 0.29) is 0 Å². The van der Waals surface area contributed by atoms with Crippen LogP contribution in [0.5, 0.6) is 0 Å². The van der Waals surface area contributed by atoms with E-state index in [0.717, 1.165) is 70.5 Å². The van der Waals surface area contributed by atoms with Crippen LogP contribution in [0.4, 0.5) is 0 Å². The zero-order valence-corrected chi connectivity index (χ0v) is 20.9. The molecule has 0 unspecified atom stereocenters. The van der Waals surface area contributed by atoms with Gasteiger partial charge in [-0.05, 0) is 65.4 Å². The Labute approximate surface area is 190 Å². The molecule has 2 rings (SSSR count). The van der Waals surface area contributed by atoms with Gasteiger partial charge in [-0.15, -0.1) is 0 Å². The molecular formula is C23H44N4O3Si. The Morgan fingerprint density at radius 2 is 1.26 bits per heavy atom. The first-order valence-electron chi connectivity index (χ1n) is 12.1. The number of nitrogens with one attached hydrogen (secondary N) is 3. The highest BCUT2D eigenvalue weighted by molar-refractivity contribution is 6.75. The van der Waals surface area contributed by atoms with Gasteiger partial charge < -0.3 is 29.2 Å². The van der Waals surface area contributed by atoms with Crippen molar-refractivity contribution in [1.29, 1.82) is 0 Å². The quantitative estimate of drug-likeness (QED) is 0.488. The molecule has 0 spiro atoms. The molecule has 8 heteroatoms.